The van der Waals surface area contributed by atoms with Gasteiger partial charge >= 0.3 is 0 Å². The molecule has 1 aromatic carbocycles. The van der Waals surface area contributed by atoms with Crippen molar-refractivity contribution in [2.24, 2.45) is 0 Å². The predicted molar refractivity (Wildman–Crippen MR) is 72.7 cm³/mol. The summed E-state index contributed by atoms with van der Waals surface area (Å²) in [5.41, 5.74) is 1.72. The number of alkyl halides is 1. The molecular formula is C12H16ClFN2S. The van der Waals surface area contributed by atoms with Gasteiger partial charge in [-0.1, -0.05) is 12.1 Å². The van der Waals surface area contributed by atoms with Gasteiger partial charge in [-0.15, -0.1) is 11.6 Å². The van der Waals surface area contributed by atoms with Crippen LogP contribution in [0, 0.1) is 5.82 Å². The fraction of sp³-hybridized carbons (Fsp3) is 0.500. The van der Waals surface area contributed by atoms with E-state index in [4.69, 9.17) is 11.6 Å². The Labute approximate surface area is 111 Å². The number of hydrogen-bond donors (Lipinski definition) is 0. The highest BCUT2D eigenvalue weighted by molar-refractivity contribution is 7.98. The maximum Gasteiger partial charge on any atom is 0.147 e. The molecular weight excluding hydrogens is 259 g/mol. The van der Waals surface area contributed by atoms with Crippen molar-refractivity contribution < 1.29 is 4.39 Å². The van der Waals surface area contributed by atoms with Crippen LogP contribution in [0.3, 0.4) is 0 Å². The third-order valence-electron chi connectivity index (χ3n) is 2.71. The van der Waals surface area contributed by atoms with E-state index in [1.165, 1.54) is 6.07 Å². The van der Waals surface area contributed by atoms with Gasteiger partial charge in [0.1, 0.15) is 5.82 Å². The van der Waals surface area contributed by atoms with Crippen molar-refractivity contribution in [1.29, 1.82) is 0 Å². The molecule has 2 nitrogen and oxygen atoms in total. The number of halogens is 2. The lowest BCUT2D eigenvalue weighted by Crippen LogP contribution is -2.36. The summed E-state index contributed by atoms with van der Waals surface area (Å²) in [6, 6.07) is 5.66. The minimum Gasteiger partial charge on any atom is -0.299 e. The van der Waals surface area contributed by atoms with Crippen molar-refractivity contribution >= 4 is 29.4 Å². The van der Waals surface area contributed by atoms with Crippen molar-refractivity contribution in [2.75, 3.05) is 16.7 Å². The first-order valence-electron chi connectivity index (χ1n) is 5.69. The molecule has 0 saturated heterocycles. The second-order valence-electron chi connectivity index (χ2n) is 4.29. The Balaban J connectivity index is 2.35. The molecule has 0 radical (unpaired) electrons. The Kier molecular flexibility index (Phi) is 4.17. The Morgan fingerprint density at radius 3 is 2.88 bits per heavy atom. The molecule has 1 aromatic rings. The van der Waals surface area contributed by atoms with Gasteiger partial charge in [0.2, 0.25) is 0 Å². The van der Waals surface area contributed by atoms with Crippen molar-refractivity contribution in [3.05, 3.63) is 29.6 Å². The lowest BCUT2D eigenvalue weighted by molar-refractivity contribution is 0.384. The van der Waals surface area contributed by atoms with Gasteiger partial charge < -0.3 is 0 Å². The number of nitrogens with zero attached hydrogens (tertiary/aromatic N) is 2. The molecule has 0 bridgehead atoms. The highest BCUT2D eigenvalue weighted by Crippen LogP contribution is 2.38. The molecule has 0 saturated carbocycles. The lowest BCUT2D eigenvalue weighted by atomic mass is 10.1. The van der Waals surface area contributed by atoms with Crippen LogP contribution in [0.25, 0.3) is 0 Å². The normalized spacial score (nSPS) is 16.4. The molecule has 0 N–H and O–H groups in total. The van der Waals surface area contributed by atoms with Crippen LogP contribution in [-0.4, -0.2) is 22.8 Å². The summed E-state index contributed by atoms with van der Waals surface area (Å²) < 4.78 is 18.0. The summed E-state index contributed by atoms with van der Waals surface area (Å²) in [7, 11) is 0. The summed E-state index contributed by atoms with van der Waals surface area (Å²) in [6.45, 7) is 5.68. The van der Waals surface area contributed by atoms with Crippen LogP contribution in [0.4, 0.5) is 10.1 Å². The third-order valence-corrected chi connectivity index (χ3v) is 4.20. The molecule has 0 aromatic heterocycles. The first kappa shape index (κ1) is 13.0. The van der Waals surface area contributed by atoms with Crippen molar-refractivity contribution in [3.63, 3.8) is 0 Å². The van der Waals surface area contributed by atoms with E-state index in [0.717, 1.165) is 12.1 Å². The summed E-state index contributed by atoms with van der Waals surface area (Å²) in [4.78, 5) is 0. The van der Waals surface area contributed by atoms with Crippen molar-refractivity contribution in [3.8, 4) is 0 Å². The maximum atomic E-state index is 13.9. The zero-order valence-corrected chi connectivity index (χ0v) is 11.6. The SMILES string of the molecule is CC(C)N1Cc2cccc(F)c2N(CCCl)S1. The van der Waals surface area contributed by atoms with E-state index in [2.05, 4.69) is 18.2 Å². The number of para-hydroxylation sites is 1. The minimum atomic E-state index is -0.163. The van der Waals surface area contributed by atoms with Crippen LogP contribution < -0.4 is 4.31 Å². The molecule has 0 aliphatic carbocycles. The average Bonchev–Trinajstić information content (AvgIpc) is 2.29. The Bertz CT molecular complexity index is 400. The molecule has 17 heavy (non-hydrogen) atoms. The van der Waals surface area contributed by atoms with Crippen LogP contribution in [0.1, 0.15) is 19.4 Å². The standard InChI is InChI=1S/C12H16ClFN2S/c1-9(2)16-8-10-4-3-5-11(14)12(10)15(17-16)7-6-13/h3-5,9H,6-8H2,1-2H3. The maximum absolute atomic E-state index is 13.9. The fourth-order valence-electron chi connectivity index (χ4n) is 1.84. The van der Waals surface area contributed by atoms with E-state index < -0.39 is 0 Å². The van der Waals surface area contributed by atoms with Gasteiger partial charge in [0.15, 0.2) is 0 Å². The van der Waals surface area contributed by atoms with Gasteiger partial charge in [-0.25, -0.2) is 8.70 Å². The highest BCUT2D eigenvalue weighted by atomic mass is 35.5. The molecule has 0 spiro atoms. The molecule has 1 aliphatic heterocycles. The van der Waals surface area contributed by atoms with E-state index in [9.17, 15) is 4.39 Å². The van der Waals surface area contributed by atoms with Gasteiger partial charge in [-0.2, -0.15) is 0 Å². The zero-order valence-electron chi connectivity index (χ0n) is 9.99. The number of benzene rings is 1. The molecule has 94 valence electrons. The predicted octanol–water partition coefficient (Wildman–Crippen LogP) is 3.66. The van der Waals surface area contributed by atoms with Gasteiger partial charge in [0, 0.05) is 37.1 Å². The Morgan fingerprint density at radius 1 is 1.47 bits per heavy atom. The van der Waals surface area contributed by atoms with Gasteiger partial charge in [0.25, 0.3) is 0 Å². The van der Waals surface area contributed by atoms with Gasteiger partial charge in [-0.3, -0.25) is 4.31 Å². The molecule has 0 unspecified atom stereocenters. The average molecular weight is 275 g/mol. The van der Waals surface area contributed by atoms with E-state index in [-0.39, 0.29) is 5.82 Å². The molecule has 5 heteroatoms. The number of hydrogen-bond acceptors (Lipinski definition) is 3. The monoisotopic (exact) mass is 274 g/mol. The summed E-state index contributed by atoms with van der Waals surface area (Å²) in [5, 5.41) is 0. The third kappa shape index (κ3) is 2.69. The topological polar surface area (TPSA) is 6.48 Å². The van der Waals surface area contributed by atoms with Crippen molar-refractivity contribution in [1.82, 2.24) is 4.31 Å². The smallest absolute Gasteiger partial charge is 0.147 e. The Hall–Kier alpha value is -0.450. The van der Waals surface area contributed by atoms with Gasteiger partial charge in [0.05, 0.1) is 5.69 Å². The summed E-state index contributed by atoms with van der Waals surface area (Å²) in [6.07, 6.45) is 0. The highest BCUT2D eigenvalue weighted by Gasteiger charge is 2.27. The first-order valence-corrected chi connectivity index (χ1v) is 6.95. The number of fused-ring (bicyclic) bond motifs is 1. The van der Waals surface area contributed by atoms with Crippen LogP contribution in [-0.2, 0) is 6.54 Å². The molecule has 0 atom stereocenters. The van der Waals surface area contributed by atoms with Crippen LogP contribution in [0.2, 0.25) is 0 Å². The second kappa shape index (κ2) is 5.46. The lowest BCUT2D eigenvalue weighted by Gasteiger charge is -2.38. The fourth-order valence-corrected chi connectivity index (χ4v) is 3.20. The van der Waals surface area contributed by atoms with Crippen LogP contribution in [0.5, 0.6) is 0 Å². The van der Waals surface area contributed by atoms with E-state index in [1.807, 2.05) is 10.4 Å². The molecule has 0 fully saturated rings. The van der Waals surface area contributed by atoms with Gasteiger partial charge in [-0.05, 0) is 25.5 Å². The molecule has 2 rings (SSSR count). The summed E-state index contributed by atoms with van der Waals surface area (Å²) in [5.74, 6) is 0.329. The Morgan fingerprint density at radius 2 is 2.24 bits per heavy atom. The minimum absolute atomic E-state index is 0.163. The van der Waals surface area contributed by atoms with E-state index >= 15 is 0 Å². The van der Waals surface area contributed by atoms with E-state index in [0.29, 0.717) is 24.2 Å². The molecule has 0 amide bonds. The van der Waals surface area contributed by atoms with Crippen LogP contribution in [0.15, 0.2) is 18.2 Å². The molecule has 1 aliphatic rings. The number of rotatable bonds is 3. The van der Waals surface area contributed by atoms with E-state index in [1.54, 1.807) is 18.2 Å². The zero-order chi connectivity index (χ0) is 12.4. The summed E-state index contributed by atoms with van der Waals surface area (Å²) >= 11 is 7.35. The van der Waals surface area contributed by atoms with Crippen LogP contribution >= 0.6 is 23.7 Å². The molecule has 1 heterocycles. The first-order chi connectivity index (χ1) is 8.13. The quantitative estimate of drug-likeness (QED) is 0.614. The largest absolute Gasteiger partial charge is 0.299 e. The number of anilines is 1. The second-order valence-corrected chi connectivity index (χ2v) is 5.74. The van der Waals surface area contributed by atoms with Crippen molar-refractivity contribution in [2.45, 2.75) is 26.4 Å².